The molecule has 0 fully saturated rings. The van der Waals surface area contributed by atoms with Crippen molar-refractivity contribution in [3.05, 3.63) is 43.4 Å². The monoisotopic (exact) mass is 163 g/mol. The quantitative estimate of drug-likeness (QED) is 0.409. The summed E-state index contributed by atoms with van der Waals surface area (Å²) in [6, 6.07) is 0. The largest absolute Gasteiger partial charge is 0.0882 e. The molecule has 0 spiro atoms. The molecule has 0 aromatic carbocycles. The molecule has 1 radical (unpaired) electrons. The average molecular weight is 163 g/mol. The van der Waals surface area contributed by atoms with Crippen LogP contribution in [-0.2, 0) is 0 Å². The van der Waals surface area contributed by atoms with Crippen LogP contribution in [0, 0.1) is 6.92 Å². The Labute approximate surface area is 76.7 Å². The van der Waals surface area contributed by atoms with E-state index < -0.39 is 0 Å². The van der Waals surface area contributed by atoms with E-state index in [0.717, 1.165) is 12.8 Å². The molecule has 0 atom stereocenters. The Bertz CT molecular complexity index is 149. The maximum absolute atomic E-state index is 3.63. The lowest BCUT2D eigenvalue weighted by Crippen LogP contribution is -1.63. The number of hydrogen-bond donors (Lipinski definition) is 0. The van der Waals surface area contributed by atoms with Crippen molar-refractivity contribution in [3.63, 3.8) is 0 Å². The minimum absolute atomic E-state index is 1.10. The van der Waals surface area contributed by atoms with E-state index in [0.29, 0.717) is 0 Å². The molecule has 0 aliphatic carbocycles. The molecule has 0 aliphatic heterocycles. The van der Waals surface area contributed by atoms with E-state index in [-0.39, 0.29) is 0 Å². The van der Waals surface area contributed by atoms with Crippen molar-refractivity contribution in [2.24, 2.45) is 0 Å². The first-order chi connectivity index (χ1) is 5.91. The molecule has 0 aromatic rings. The van der Waals surface area contributed by atoms with E-state index in [2.05, 4.69) is 44.2 Å². The van der Waals surface area contributed by atoms with Crippen LogP contribution < -0.4 is 0 Å². The number of allylic oxidation sites excluding steroid dienone is 6. The Balaban J connectivity index is 3.24. The van der Waals surface area contributed by atoms with Crippen LogP contribution >= 0.6 is 0 Å². The van der Waals surface area contributed by atoms with E-state index >= 15 is 0 Å². The van der Waals surface area contributed by atoms with E-state index in [1.165, 1.54) is 12.8 Å². The van der Waals surface area contributed by atoms with Crippen molar-refractivity contribution in [1.29, 1.82) is 0 Å². The van der Waals surface area contributed by atoms with Crippen molar-refractivity contribution in [2.45, 2.75) is 32.6 Å². The second-order valence-corrected chi connectivity index (χ2v) is 2.69. The van der Waals surface area contributed by atoms with Gasteiger partial charge >= 0.3 is 0 Å². The fraction of sp³-hybridized carbons (Fsp3) is 0.417. The summed E-state index contributed by atoms with van der Waals surface area (Å²) in [5.41, 5.74) is 0. The van der Waals surface area contributed by atoms with Crippen molar-refractivity contribution in [1.82, 2.24) is 0 Å². The molecule has 67 valence electrons. The average Bonchev–Trinajstić information content (AvgIpc) is 2.10. The molecule has 0 aliphatic rings. The number of unbranched alkanes of at least 4 members (excludes halogenated alkanes) is 2. The third kappa shape index (κ3) is 9.22. The normalized spacial score (nSPS) is 12.5. The summed E-state index contributed by atoms with van der Waals surface area (Å²) in [5, 5.41) is 0. The molecule has 0 saturated carbocycles. The molecule has 0 heteroatoms. The van der Waals surface area contributed by atoms with Crippen LogP contribution in [0.4, 0.5) is 0 Å². The highest BCUT2D eigenvalue weighted by atomic mass is 13.8. The smallest absolute Gasteiger partial charge is 0.0313 e. The van der Waals surface area contributed by atoms with Gasteiger partial charge in [0.2, 0.25) is 0 Å². The molecule has 12 heavy (non-hydrogen) atoms. The summed E-state index contributed by atoms with van der Waals surface area (Å²) in [4.78, 5) is 0. The van der Waals surface area contributed by atoms with E-state index in [4.69, 9.17) is 0 Å². The van der Waals surface area contributed by atoms with Gasteiger partial charge in [-0.25, -0.2) is 0 Å². The fourth-order valence-corrected chi connectivity index (χ4v) is 0.827. The summed E-state index contributed by atoms with van der Waals surface area (Å²) in [6.45, 7) is 5.81. The Morgan fingerprint density at radius 2 is 1.50 bits per heavy atom. The molecule has 0 N–H and O–H groups in total. The molecule has 0 nitrogen and oxygen atoms in total. The van der Waals surface area contributed by atoms with Crippen LogP contribution in [0.2, 0.25) is 0 Å². The zero-order valence-electron chi connectivity index (χ0n) is 8.00. The molecule has 0 bridgehead atoms. The van der Waals surface area contributed by atoms with Gasteiger partial charge < -0.3 is 0 Å². The van der Waals surface area contributed by atoms with Gasteiger partial charge in [-0.2, -0.15) is 0 Å². The first kappa shape index (κ1) is 11.2. The lowest BCUT2D eigenvalue weighted by atomic mass is 10.2. The predicted molar refractivity (Wildman–Crippen MR) is 56.9 cm³/mol. The molecular weight excluding hydrogens is 144 g/mol. The number of rotatable bonds is 6. The first-order valence-corrected chi connectivity index (χ1v) is 4.67. The molecule has 0 rings (SSSR count). The molecule has 0 amide bonds. The Hall–Kier alpha value is -0.780. The van der Waals surface area contributed by atoms with E-state index in [1.807, 2.05) is 6.08 Å². The SMILES string of the molecule is [CH2]C=CCCC=CC=CCCC. The predicted octanol–water partition coefficient (Wildman–Crippen LogP) is 4.07. The van der Waals surface area contributed by atoms with Gasteiger partial charge in [-0.15, -0.1) is 0 Å². The molecular formula is C12H19. The highest BCUT2D eigenvalue weighted by Crippen LogP contribution is 1.94. The van der Waals surface area contributed by atoms with E-state index in [9.17, 15) is 0 Å². The highest BCUT2D eigenvalue weighted by Gasteiger charge is 1.73. The summed E-state index contributed by atoms with van der Waals surface area (Å²) in [7, 11) is 0. The Morgan fingerprint density at radius 3 is 2.08 bits per heavy atom. The van der Waals surface area contributed by atoms with Crippen molar-refractivity contribution >= 4 is 0 Å². The van der Waals surface area contributed by atoms with Crippen LogP contribution in [0.15, 0.2) is 36.5 Å². The van der Waals surface area contributed by atoms with Gasteiger partial charge in [0.05, 0.1) is 0 Å². The zero-order valence-corrected chi connectivity index (χ0v) is 8.00. The van der Waals surface area contributed by atoms with Gasteiger partial charge in [-0.05, 0) is 26.2 Å². The summed E-state index contributed by atoms with van der Waals surface area (Å²) >= 11 is 0. The third-order valence-electron chi connectivity index (χ3n) is 1.51. The van der Waals surface area contributed by atoms with Gasteiger partial charge in [0.15, 0.2) is 0 Å². The van der Waals surface area contributed by atoms with Crippen molar-refractivity contribution in [3.8, 4) is 0 Å². The van der Waals surface area contributed by atoms with E-state index in [1.54, 1.807) is 0 Å². The van der Waals surface area contributed by atoms with Crippen LogP contribution in [0.25, 0.3) is 0 Å². The third-order valence-corrected chi connectivity index (χ3v) is 1.51. The fourth-order valence-electron chi connectivity index (χ4n) is 0.827. The molecule has 0 aromatic heterocycles. The lowest BCUT2D eigenvalue weighted by Gasteiger charge is -1.84. The van der Waals surface area contributed by atoms with Gasteiger partial charge in [0.1, 0.15) is 0 Å². The van der Waals surface area contributed by atoms with Crippen molar-refractivity contribution in [2.75, 3.05) is 0 Å². The maximum Gasteiger partial charge on any atom is -0.0313 e. The highest BCUT2D eigenvalue weighted by molar-refractivity contribution is 5.02. The second-order valence-electron chi connectivity index (χ2n) is 2.69. The first-order valence-electron chi connectivity index (χ1n) is 4.67. The van der Waals surface area contributed by atoms with Crippen LogP contribution in [0.3, 0.4) is 0 Å². The van der Waals surface area contributed by atoms with Gasteiger partial charge in [0.25, 0.3) is 0 Å². The Morgan fingerprint density at radius 1 is 0.917 bits per heavy atom. The zero-order chi connectivity index (χ0) is 9.07. The lowest BCUT2D eigenvalue weighted by molar-refractivity contribution is 0.958. The maximum atomic E-state index is 3.63. The molecule has 0 saturated heterocycles. The minimum Gasteiger partial charge on any atom is -0.0882 e. The summed E-state index contributed by atoms with van der Waals surface area (Å²) in [5.74, 6) is 0. The van der Waals surface area contributed by atoms with Crippen LogP contribution in [-0.4, -0.2) is 0 Å². The van der Waals surface area contributed by atoms with Crippen LogP contribution in [0.5, 0.6) is 0 Å². The number of hydrogen-bond acceptors (Lipinski definition) is 0. The van der Waals surface area contributed by atoms with Crippen LogP contribution in [0.1, 0.15) is 32.6 Å². The standard InChI is InChI=1S/C12H19/c1-3-5-7-9-11-12-10-8-6-4-2/h3,5,8,10-12H,1,4,6-7,9H2,2H3. The molecule has 0 unspecified atom stereocenters. The summed E-state index contributed by atoms with van der Waals surface area (Å²) in [6.07, 6.45) is 17.2. The summed E-state index contributed by atoms with van der Waals surface area (Å²) < 4.78 is 0. The minimum atomic E-state index is 1.10. The second kappa shape index (κ2) is 10.2. The van der Waals surface area contributed by atoms with Gasteiger partial charge in [0, 0.05) is 0 Å². The van der Waals surface area contributed by atoms with Gasteiger partial charge in [-0.3, -0.25) is 0 Å². The Kier molecular flexibility index (Phi) is 9.56. The molecule has 0 heterocycles. The van der Waals surface area contributed by atoms with Gasteiger partial charge in [-0.1, -0.05) is 49.8 Å². The van der Waals surface area contributed by atoms with Crippen molar-refractivity contribution < 1.29 is 0 Å². The topological polar surface area (TPSA) is 0 Å².